The molecule has 0 aromatic heterocycles. The van der Waals surface area contributed by atoms with Gasteiger partial charge >= 0.3 is 0 Å². The molecule has 1 aliphatic carbocycles. The Hall–Kier alpha value is -1.35. The van der Waals surface area contributed by atoms with Crippen molar-refractivity contribution in [3.05, 3.63) is 35.9 Å². The van der Waals surface area contributed by atoms with Gasteiger partial charge < -0.3 is 4.90 Å². The van der Waals surface area contributed by atoms with Crippen molar-refractivity contribution >= 4 is 5.91 Å². The zero-order valence-electron chi connectivity index (χ0n) is 12.2. The average Bonchev–Trinajstić information content (AvgIpc) is 3.25. The van der Waals surface area contributed by atoms with Gasteiger partial charge in [0, 0.05) is 6.54 Å². The molecule has 1 saturated heterocycles. The van der Waals surface area contributed by atoms with Crippen molar-refractivity contribution in [2.24, 2.45) is 5.92 Å². The van der Waals surface area contributed by atoms with Gasteiger partial charge in [-0.1, -0.05) is 56.5 Å². The fraction of sp³-hybridized carbons (Fsp3) is 0.588. The maximum atomic E-state index is 12.6. The first-order valence-electron chi connectivity index (χ1n) is 7.91. The van der Waals surface area contributed by atoms with E-state index in [0.717, 1.165) is 31.7 Å². The topological polar surface area (TPSA) is 32.3 Å². The molecule has 2 atom stereocenters. The third kappa shape index (κ3) is 2.88. The van der Waals surface area contributed by atoms with Crippen LogP contribution >= 0.6 is 0 Å². The quantitative estimate of drug-likeness (QED) is 0.863. The lowest BCUT2D eigenvalue weighted by Gasteiger charge is -2.24. The summed E-state index contributed by atoms with van der Waals surface area (Å²) in [5.74, 6) is 1.16. The number of carbonyl (C=O) groups is 1. The SMILES string of the molecule is CCCC1NC(c2ccccc2)N(CCC2CC2)C1=O. The van der Waals surface area contributed by atoms with E-state index in [4.69, 9.17) is 0 Å². The predicted octanol–water partition coefficient (Wildman–Crippen LogP) is 3.09. The van der Waals surface area contributed by atoms with Gasteiger partial charge in [0.1, 0.15) is 6.17 Å². The summed E-state index contributed by atoms with van der Waals surface area (Å²) in [5.41, 5.74) is 1.20. The van der Waals surface area contributed by atoms with Crippen molar-refractivity contribution in [2.75, 3.05) is 6.54 Å². The monoisotopic (exact) mass is 272 g/mol. The second-order valence-electron chi connectivity index (χ2n) is 6.08. The molecule has 2 unspecified atom stereocenters. The molecule has 108 valence electrons. The Bertz CT molecular complexity index is 455. The first-order chi connectivity index (χ1) is 9.79. The number of carbonyl (C=O) groups excluding carboxylic acids is 1. The standard InChI is InChI=1S/C17H24N2O/c1-2-6-15-17(20)19(12-11-13-9-10-13)16(18-15)14-7-4-3-5-8-14/h3-5,7-8,13,15-16,18H,2,6,9-12H2,1H3. The molecule has 0 spiro atoms. The Morgan fingerprint density at radius 1 is 1.20 bits per heavy atom. The molecule has 1 heterocycles. The smallest absolute Gasteiger partial charge is 0.241 e. The first-order valence-corrected chi connectivity index (χ1v) is 7.91. The molecule has 1 aromatic rings. The Morgan fingerprint density at radius 3 is 2.60 bits per heavy atom. The van der Waals surface area contributed by atoms with Gasteiger partial charge in [0.05, 0.1) is 6.04 Å². The van der Waals surface area contributed by atoms with Crippen LogP contribution in [0.4, 0.5) is 0 Å². The molecule has 1 aliphatic heterocycles. The van der Waals surface area contributed by atoms with Crippen LogP contribution in [0.15, 0.2) is 30.3 Å². The largest absolute Gasteiger partial charge is 0.322 e. The van der Waals surface area contributed by atoms with Crippen molar-refractivity contribution in [3.63, 3.8) is 0 Å². The normalized spacial score (nSPS) is 26.2. The van der Waals surface area contributed by atoms with Crippen LogP contribution in [0.1, 0.15) is 50.8 Å². The van der Waals surface area contributed by atoms with Crippen molar-refractivity contribution in [1.29, 1.82) is 0 Å². The molecular weight excluding hydrogens is 248 g/mol. The van der Waals surface area contributed by atoms with Gasteiger partial charge in [0.2, 0.25) is 5.91 Å². The highest BCUT2D eigenvalue weighted by Crippen LogP contribution is 2.34. The van der Waals surface area contributed by atoms with E-state index in [9.17, 15) is 4.79 Å². The van der Waals surface area contributed by atoms with Crippen molar-refractivity contribution in [2.45, 2.75) is 51.2 Å². The number of hydrogen-bond donors (Lipinski definition) is 1. The van der Waals surface area contributed by atoms with Gasteiger partial charge in [-0.05, 0) is 24.3 Å². The van der Waals surface area contributed by atoms with E-state index in [1.54, 1.807) is 0 Å². The van der Waals surface area contributed by atoms with Gasteiger partial charge in [0.25, 0.3) is 0 Å². The van der Waals surface area contributed by atoms with Gasteiger partial charge in [-0.15, -0.1) is 0 Å². The second-order valence-corrected chi connectivity index (χ2v) is 6.08. The van der Waals surface area contributed by atoms with Crippen molar-refractivity contribution in [1.82, 2.24) is 10.2 Å². The summed E-state index contributed by atoms with van der Waals surface area (Å²) in [5, 5.41) is 3.53. The lowest BCUT2D eigenvalue weighted by Crippen LogP contribution is -2.32. The minimum Gasteiger partial charge on any atom is -0.322 e. The maximum Gasteiger partial charge on any atom is 0.241 e. The number of nitrogens with one attached hydrogen (secondary N) is 1. The molecule has 1 amide bonds. The first kappa shape index (κ1) is 13.6. The zero-order valence-corrected chi connectivity index (χ0v) is 12.2. The van der Waals surface area contributed by atoms with E-state index in [-0.39, 0.29) is 12.2 Å². The van der Waals surface area contributed by atoms with E-state index in [1.807, 2.05) is 18.2 Å². The summed E-state index contributed by atoms with van der Waals surface area (Å²) < 4.78 is 0. The highest BCUT2D eigenvalue weighted by molar-refractivity contribution is 5.84. The molecule has 2 aliphatic rings. The Labute approximate surface area is 121 Å². The Balaban J connectivity index is 1.75. The number of rotatable bonds is 6. The highest BCUT2D eigenvalue weighted by atomic mass is 16.2. The van der Waals surface area contributed by atoms with Gasteiger partial charge in [-0.2, -0.15) is 0 Å². The van der Waals surface area contributed by atoms with Crippen LogP contribution in [-0.4, -0.2) is 23.4 Å². The van der Waals surface area contributed by atoms with E-state index in [1.165, 1.54) is 18.4 Å². The summed E-state index contributed by atoms with van der Waals surface area (Å²) in [6.07, 6.45) is 5.91. The number of hydrogen-bond acceptors (Lipinski definition) is 2. The summed E-state index contributed by atoms with van der Waals surface area (Å²) in [4.78, 5) is 14.6. The van der Waals surface area contributed by atoms with Gasteiger partial charge in [-0.25, -0.2) is 0 Å². The second kappa shape index (κ2) is 5.96. The lowest BCUT2D eigenvalue weighted by molar-refractivity contribution is -0.130. The third-order valence-corrected chi connectivity index (χ3v) is 4.42. The molecule has 2 fully saturated rings. The fourth-order valence-electron chi connectivity index (χ4n) is 3.05. The van der Waals surface area contributed by atoms with Crippen molar-refractivity contribution in [3.8, 4) is 0 Å². The molecule has 1 saturated carbocycles. The molecule has 1 N–H and O–H groups in total. The maximum absolute atomic E-state index is 12.6. The molecule has 20 heavy (non-hydrogen) atoms. The van der Waals surface area contributed by atoms with Crippen LogP contribution in [0.2, 0.25) is 0 Å². The molecule has 1 aromatic carbocycles. The fourth-order valence-corrected chi connectivity index (χ4v) is 3.05. The summed E-state index contributed by atoms with van der Waals surface area (Å²) >= 11 is 0. The van der Waals surface area contributed by atoms with Crippen LogP contribution in [-0.2, 0) is 4.79 Å². The van der Waals surface area contributed by atoms with E-state index >= 15 is 0 Å². The van der Waals surface area contributed by atoms with E-state index in [0.29, 0.717) is 5.91 Å². The Kier molecular flexibility index (Phi) is 4.06. The minimum atomic E-state index is 0.00408. The minimum absolute atomic E-state index is 0.00408. The third-order valence-electron chi connectivity index (χ3n) is 4.42. The van der Waals surface area contributed by atoms with Crippen LogP contribution in [0.3, 0.4) is 0 Å². The van der Waals surface area contributed by atoms with E-state index in [2.05, 4.69) is 29.3 Å². The van der Waals surface area contributed by atoms with Gasteiger partial charge in [-0.3, -0.25) is 10.1 Å². The molecule has 0 radical (unpaired) electrons. The number of benzene rings is 1. The summed E-state index contributed by atoms with van der Waals surface area (Å²) in [6.45, 7) is 3.04. The van der Waals surface area contributed by atoms with Crippen molar-refractivity contribution < 1.29 is 4.79 Å². The number of amides is 1. The molecule has 3 rings (SSSR count). The summed E-state index contributed by atoms with van der Waals surface area (Å²) in [6, 6.07) is 10.4. The molecule has 3 heteroatoms. The van der Waals surface area contributed by atoms with Crippen LogP contribution in [0.25, 0.3) is 0 Å². The van der Waals surface area contributed by atoms with E-state index < -0.39 is 0 Å². The lowest BCUT2D eigenvalue weighted by atomic mass is 10.1. The highest BCUT2D eigenvalue weighted by Gasteiger charge is 2.39. The molecule has 0 bridgehead atoms. The molecule has 3 nitrogen and oxygen atoms in total. The Morgan fingerprint density at radius 2 is 1.95 bits per heavy atom. The summed E-state index contributed by atoms with van der Waals surface area (Å²) in [7, 11) is 0. The zero-order chi connectivity index (χ0) is 13.9. The van der Waals surface area contributed by atoms with Crippen LogP contribution in [0.5, 0.6) is 0 Å². The number of nitrogens with zero attached hydrogens (tertiary/aromatic N) is 1. The molecular formula is C17H24N2O. The van der Waals surface area contributed by atoms with Crippen LogP contribution in [0, 0.1) is 5.92 Å². The predicted molar refractivity (Wildman–Crippen MR) is 80.1 cm³/mol. The van der Waals surface area contributed by atoms with Gasteiger partial charge in [0.15, 0.2) is 0 Å². The average molecular weight is 272 g/mol. The van der Waals surface area contributed by atoms with Crippen LogP contribution < -0.4 is 5.32 Å².